The summed E-state index contributed by atoms with van der Waals surface area (Å²) in [5.41, 5.74) is 9.62. The summed E-state index contributed by atoms with van der Waals surface area (Å²) < 4.78 is 4.10. The van der Waals surface area contributed by atoms with Crippen molar-refractivity contribution >= 4 is 17.5 Å². The fourth-order valence-corrected chi connectivity index (χ4v) is 7.94. The second-order valence-corrected chi connectivity index (χ2v) is 12.0. The Kier molecular flexibility index (Phi) is 5.11. The molecule has 47 heavy (non-hydrogen) atoms. The maximum atomic E-state index is 5.10. The zero-order chi connectivity index (χ0) is 31.2. The summed E-state index contributed by atoms with van der Waals surface area (Å²) in [7, 11) is 2.00. The van der Waals surface area contributed by atoms with E-state index in [0.717, 1.165) is 73.4 Å². The normalized spacial score (nSPS) is 15.6. The zero-order valence-electron chi connectivity index (χ0n) is 25.2. The van der Waals surface area contributed by atoms with Crippen molar-refractivity contribution in [3.63, 3.8) is 0 Å². The maximum Gasteiger partial charge on any atom is 0.492 e. The van der Waals surface area contributed by atoms with Gasteiger partial charge in [0.05, 0.1) is 17.1 Å². The smallest absolute Gasteiger partial charge is 0.281 e. The average molecular weight is 608 g/mol. The minimum atomic E-state index is -0.995. The van der Waals surface area contributed by atoms with Crippen LogP contribution in [0.1, 0.15) is 39.6 Å². The van der Waals surface area contributed by atoms with Crippen molar-refractivity contribution in [3.05, 3.63) is 168 Å². The number of fused-ring (bicyclic) bond motifs is 7. The number of rotatable bonds is 4. The van der Waals surface area contributed by atoms with Crippen LogP contribution in [0.15, 0.2) is 128 Å². The van der Waals surface area contributed by atoms with Gasteiger partial charge < -0.3 is 0 Å². The molecule has 1 aromatic carbocycles. The molecule has 9 nitrogen and oxygen atoms in total. The molecule has 3 aliphatic rings. The van der Waals surface area contributed by atoms with Gasteiger partial charge in [-0.25, -0.2) is 0 Å². The predicted molar refractivity (Wildman–Crippen MR) is 174 cm³/mol. The van der Waals surface area contributed by atoms with Gasteiger partial charge in [-0.1, -0.05) is 47.0 Å². The highest BCUT2D eigenvalue weighted by molar-refractivity contribution is 5.84. The molecule has 0 saturated heterocycles. The third kappa shape index (κ3) is 3.13. The van der Waals surface area contributed by atoms with E-state index < -0.39 is 11.0 Å². The molecule has 0 bridgehead atoms. The molecule has 0 fully saturated rings. The van der Waals surface area contributed by atoms with E-state index in [2.05, 4.69) is 75.4 Å². The van der Waals surface area contributed by atoms with Crippen LogP contribution in [-0.2, 0) is 11.0 Å². The lowest BCUT2D eigenvalue weighted by molar-refractivity contribution is -0.522. The summed E-state index contributed by atoms with van der Waals surface area (Å²) in [4.78, 5) is 25.2. The number of nitrogens with zero attached hydrogens (tertiary/aromatic N) is 8. The molecule has 0 spiro atoms. The SMILES string of the molecule is C[N+]1=C=[N+](C2(c3cccc(C4(c5ccn[nH]5)c5ncccc5-c5cccnc54)c3)c3ncccc3-c3cccnc32)c2ncccc21. The Bertz CT molecular complexity index is 2400. The first kappa shape index (κ1) is 25.8. The highest BCUT2D eigenvalue weighted by Crippen LogP contribution is 2.57. The van der Waals surface area contributed by atoms with Crippen molar-refractivity contribution in [2.45, 2.75) is 11.0 Å². The molecule has 220 valence electrons. The van der Waals surface area contributed by atoms with Gasteiger partial charge in [0.1, 0.15) is 16.8 Å². The number of aromatic amines is 1. The Hall–Kier alpha value is -6.44. The van der Waals surface area contributed by atoms with Crippen LogP contribution in [-0.4, -0.2) is 57.3 Å². The Morgan fingerprint density at radius 2 is 1.13 bits per heavy atom. The third-order valence-electron chi connectivity index (χ3n) is 9.75. The lowest BCUT2D eigenvalue weighted by atomic mass is 9.72. The number of aromatic nitrogens is 7. The monoisotopic (exact) mass is 607 g/mol. The lowest BCUT2D eigenvalue weighted by Gasteiger charge is -2.31. The van der Waals surface area contributed by atoms with Gasteiger partial charge in [-0.05, 0) is 52.6 Å². The minimum absolute atomic E-state index is 0.777. The third-order valence-corrected chi connectivity index (χ3v) is 9.75. The lowest BCUT2D eigenvalue weighted by Crippen LogP contribution is -2.40. The summed E-state index contributed by atoms with van der Waals surface area (Å²) >= 11 is 0. The molecule has 0 saturated carbocycles. The van der Waals surface area contributed by atoms with Gasteiger partial charge in [0.2, 0.25) is 0 Å². The number of nitrogens with one attached hydrogen (secondary N) is 1. The zero-order valence-corrected chi connectivity index (χ0v) is 25.2. The Balaban J connectivity index is 1.34. The molecular formula is C38H25N9+2. The summed E-state index contributed by atoms with van der Waals surface area (Å²) in [6.07, 6.45) is 11.0. The maximum absolute atomic E-state index is 5.10. The minimum Gasteiger partial charge on any atom is -0.281 e. The van der Waals surface area contributed by atoms with Crippen LogP contribution in [0.4, 0.5) is 11.5 Å². The largest absolute Gasteiger partial charge is 0.492 e. The second kappa shape index (κ2) is 9.29. The van der Waals surface area contributed by atoms with Gasteiger partial charge in [-0.3, -0.25) is 25.0 Å². The van der Waals surface area contributed by atoms with Gasteiger partial charge in [0, 0.05) is 71.1 Å². The van der Waals surface area contributed by atoms with Crippen molar-refractivity contribution in [2.24, 2.45) is 0 Å². The van der Waals surface area contributed by atoms with E-state index in [1.807, 2.05) is 79.0 Å². The average Bonchev–Trinajstić information content (AvgIpc) is 3.91. The molecule has 7 aromatic rings. The molecular weight excluding hydrogens is 582 g/mol. The molecule has 10 rings (SSSR count). The van der Waals surface area contributed by atoms with Crippen molar-refractivity contribution in [2.75, 3.05) is 7.05 Å². The van der Waals surface area contributed by atoms with E-state index in [-0.39, 0.29) is 0 Å². The van der Waals surface area contributed by atoms with E-state index in [4.69, 9.17) is 24.9 Å². The molecule has 0 unspecified atom stereocenters. The van der Waals surface area contributed by atoms with Crippen LogP contribution in [0.5, 0.6) is 0 Å². The van der Waals surface area contributed by atoms with Crippen molar-refractivity contribution < 1.29 is 9.15 Å². The summed E-state index contributed by atoms with van der Waals surface area (Å²) in [6, 6.07) is 34.7. The van der Waals surface area contributed by atoms with Crippen molar-refractivity contribution in [3.8, 4) is 22.3 Å². The highest BCUT2D eigenvalue weighted by atomic mass is 15.3. The van der Waals surface area contributed by atoms with Crippen LogP contribution >= 0.6 is 0 Å². The highest BCUT2D eigenvalue weighted by Gasteiger charge is 2.62. The topological polar surface area (TPSA) is 99.2 Å². The summed E-state index contributed by atoms with van der Waals surface area (Å²) in [5.74, 6) is 0.777. The first-order valence-electron chi connectivity index (χ1n) is 15.4. The molecule has 0 atom stereocenters. The van der Waals surface area contributed by atoms with E-state index >= 15 is 0 Å². The molecule has 0 radical (unpaired) electrons. The molecule has 1 N–H and O–H groups in total. The van der Waals surface area contributed by atoms with Crippen LogP contribution in [0.2, 0.25) is 0 Å². The number of H-pyrrole nitrogens is 1. The quantitative estimate of drug-likeness (QED) is 0.253. The van der Waals surface area contributed by atoms with Gasteiger partial charge in [-0.15, -0.1) is 0 Å². The molecule has 0 amide bonds. The molecule has 2 aliphatic carbocycles. The number of hydrogen-bond donors (Lipinski definition) is 1. The van der Waals surface area contributed by atoms with Crippen LogP contribution in [0.3, 0.4) is 0 Å². The Morgan fingerprint density at radius 1 is 0.574 bits per heavy atom. The van der Waals surface area contributed by atoms with Gasteiger partial charge in [-0.2, -0.15) is 10.1 Å². The summed E-state index contributed by atoms with van der Waals surface area (Å²) in [6.45, 7) is 0. The number of hydrogen-bond acceptors (Lipinski definition) is 6. The first-order chi connectivity index (χ1) is 23.2. The van der Waals surface area contributed by atoms with E-state index in [0.29, 0.717) is 0 Å². The Labute approximate surface area is 269 Å². The second-order valence-electron chi connectivity index (χ2n) is 12.0. The fourth-order valence-electron chi connectivity index (χ4n) is 7.94. The van der Waals surface area contributed by atoms with Crippen molar-refractivity contribution in [1.29, 1.82) is 0 Å². The van der Waals surface area contributed by atoms with E-state index in [1.54, 1.807) is 6.20 Å². The van der Waals surface area contributed by atoms with Crippen LogP contribution < -0.4 is 0 Å². The standard InChI is InChI=1S/C38H25N9/c1-46-23-47(36-30(46)14-7-20-43-36)38(34-28(12-5-18-41-34)29-13-6-19-42-35(29)38)25-9-2-8-24(22-25)37(31-15-21-44-45-31)32-26(10-3-16-39-32)27-11-4-17-40-33(27)37/h2-22H,1H3,(H,44,45)/q+2. The predicted octanol–water partition coefficient (Wildman–Crippen LogP) is 5.83. The van der Waals surface area contributed by atoms with Gasteiger partial charge >= 0.3 is 17.5 Å². The molecule has 9 heteroatoms. The first-order valence-corrected chi connectivity index (χ1v) is 15.4. The van der Waals surface area contributed by atoms with Crippen LogP contribution in [0.25, 0.3) is 22.3 Å². The fraction of sp³-hybridized carbons (Fsp3) is 0.0789. The van der Waals surface area contributed by atoms with Crippen molar-refractivity contribution in [1.82, 2.24) is 35.1 Å². The van der Waals surface area contributed by atoms with Crippen LogP contribution in [0, 0.1) is 0 Å². The number of pyridine rings is 5. The number of benzene rings is 1. The Morgan fingerprint density at radius 3 is 1.74 bits per heavy atom. The van der Waals surface area contributed by atoms with E-state index in [1.165, 1.54) is 0 Å². The molecule has 1 aliphatic heterocycles. The molecule has 7 heterocycles. The van der Waals surface area contributed by atoms with Gasteiger partial charge in [0.25, 0.3) is 5.54 Å². The summed E-state index contributed by atoms with van der Waals surface area (Å²) in [5, 5.41) is 7.73. The van der Waals surface area contributed by atoms with Gasteiger partial charge in [0.15, 0.2) is 7.05 Å². The van der Waals surface area contributed by atoms with E-state index in [9.17, 15) is 0 Å². The molecule has 6 aromatic heterocycles.